The number of halogens is 1. The zero-order valence-electron chi connectivity index (χ0n) is 10.8. The molecule has 1 saturated carbocycles. The van der Waals surface area contributed by atoms with Gasteiger partial charge < -0.3 is 15.8 Å². The normalized spacial score (nSPS) is 13.8. The maximum atomic E-state index is 13.2. The molecule has 0 heterocycles. The second kappa shape index (κ2) is 6.33. The van der Waals surface area contributed by atoms with Gasteiger partial charge in [0.1, 0.15) is 11.6 Å². The lowest BCUT2D eigenvalue weighted by atomic mass is 10.2. The smallest absolute Gasteiger partial charge is 0.318 e. The van der Waals surface area contributed by atoms with E-state index in [-0.39, 0.29) is 12.4 Å². The third kappa shape index (κ3) is 4.51. The fourth-order valence-electron chi connectivity index (χ4n) is 1.69. The van der Waals surface area contributed by atoms with Crippen molar-refractivity contribution < 1.29 is 18.7 Å². The molecule has 20 heavy (non-hydrogen) atoms. The van der Waals surface area contributed by atoms with Crippen LogP contribution in [0.4, 0.5) is 9.18 Å². The molecular weight excluding hydrogens is 265 g/mol. The van der Waals surface area contributed by atoms with Gasteiger partial charge in [-0.1, -0.05) is 0 Å². The van der Waals surface area contributed by atoms with Gasteiger partial charge in [0.15, 0.2) is 6.61 Å². The quantitative estimate of drug-likeness (QED) is 0.713. The van der Waals surface area contributed by atoms with Gasteiger partial charge in [-0.2, -0.15) is 0 Å². The lowest BCUT2D eigenvalue weighted by molar-refractivity contribution is -0.121. The largest absolute Gasteiger partial charge is 0.483 e. The summed E-state index contributed by atoms with van der Waals surface area (Å²) in [5.74, 6) is -0.617. The average molecular weight is 281 g/mol. The molecule has 0 aromatic heterocycles. The van der Waals surface area contributed by atoms with E-state index in [0.717, 1.165) is 12.8 Å². The highest BCUT2D eigenvalue weighted by Crippen LogP contribution is 2.23. The van der Waals surface area contributed by atoms with Crippen LogP contribution in [0.3, 0.4) is 0 Å². The van der Waals surface area contributed by atoms with Crippen LogP contribution in [0.5, 0.6) is 5.75 Å². The Balaban J connectivity index is 1.94. The van der Waals surface area contributed by atoms with Gasteiger partial charge in [0.05, 0.1) is 0 Å². The Labute approximate surface area is 115 Å². The molecule has 0 spiro atoms. The van der Waals surface area contributed by atoms with E-state index in [2.05, 4.69) is 5.32 Å². The van der Waals surface area contributed by atoms with Crippen LogP contribution in [0, 0.1) is 5.82 Å². The summed E-state index contributed by atoms with van der Waals surface area (Å²) in [4.78, 5) is 21.7. The van der Waals surface area contributed by atoms with E-state index in [9.17, 15) is 14.0 Å². The third-order valence-electron chi connectivity index (χ3n) is 2.80. The number of hydrogen-bond donors (Lipinski definition) is 3. The van der Waals surface area contributed by atoms with Crippen LogP contribution in [-0.2, 0) is 11.3 Å². The van der Waals surface area contributed by atoms with Gasteiger partial charge in [-0.3, -0.25) is 10.1 Å². The van der Waals surface area contributed by atoms with Crippen molar-refractivity contribution in [3.05, 3.63) is 29.6 Å². The fourth-order valence-corrected chi connectivity index (χ4v) is 1.69. The van der Waals surface area contributed by atoms with Crippen LogP contribution in [-0.4, -0.2) is 24.6 Å². The summed E-state index contributed by atoms with van der Waals surface area (Å²) in [7, 11) is 0. The first kappa shape index (κ1) is 14.3. The summed E-state index contributed by atoms with van der Waals surface area (Å²) in [5.41, 5.74) is 5.44. The van der Waals surface area contributed by atoms with Crippen LogP contribution in [0.25, 0.3) is 0 Å². The van der Waals surface area contributed by atoms with Crippen LogP contribution < -0.4 is 21.1 Å². The predicted molar refractivity (Wildman–Crippen MR) is 69.5 cm³/mol. The Morgan fingerprint density at radius 3 is 2.80 bits per heavy atom. The maximum absolute atomic E-state index is 13.2. The molecule has 1 aliphatic carbocycles. The van der Waals surface area contributed by atoms with Gasteiger partial charge in [-0.15, -0.1) is 0 Å². The number of imide groups is 1. The second-order valence-electron chi connectivity index (χ2n) is 4.61. The van der Waals surface area contributed by atoms with Crippen molar-refractivity contribution in [3.63, 3.8) is 0 Å². The van der Waals surface area contributed by atoms with Gasteiger partial charge >= 0.3 is 6.03 Å². The van der Waals surface area contributed by atoms with Gasteiger partial charge in [0, 0.05) is 18.2 Å². The zero-order chi connectivity index (χ0) is 14.5. The topological polar surface area (TPSA) is 93.5 Å². The number of carbonyl (C=O) groups excluding carboxylic acids is 2. The van der Waals surface area contributed by atoms with Crippen molar-refractivity contribution in [1.82, 2.24) is 10.6 Å². The number of ether oxygens (including phenoxy) is 1. The van der Waals surface area contributed by atoms with Crippen LogP contribution in [0.1, 0.15) is 18.4 Å². The first-order valence-corrected chi connectivity index (χ1v) is 6.28. The summed E-state index contributed by atoms with van der Waals surface area (Å²) in [6.07, 6.45) is 2.24. The molecule has 1 aromatic rings. The zero-order valence-corrected chi connectivity index (χ0v) is 10.8. The summed E-state index contributed by atoms with van der Waals surface area (Å²) in [6.45, 7) is 0.111. The molecule has 0 atom stereocenters. The molecule has 1 aromatic carbocycles. The molecule has 7 heteroatoms. The second-order valence-corrected chi connectivity index (χ2v) is 4.61. The molecule has 3 amide bonds. The van der Waals surface area contributed by atoms with E-state index < -0.39 is 11.9 Å². The molecule has 0 saturated heterocycles. The summed E-state index contributed by atoms with van der Waals surface area (Å²) < 4.78 is 18.5. The first-order chi connectivity index (χ1) is 9.54. The van der Waals surface area contributed by atoms with Gasteiger partial charge in [-0.25, -0.2) is 9.18 Å². The number of nitrogens with two attached hydrogens (primary N) is 1. The standard InChI is InChI=1S/C13H16FN3O3/c14-9-1-4-11(20-7-12(18)17-13(15)19)8(5-9)6-16-10-2-3-10/h1,4-5,10,16H,2-3,6-7H2,(H3,15,17,18,19). The molecule has 0 radical (unpaired) electrons. The summed E-state index contributed by atoms with van der Waals surface area (Å²) >= 11 is 0. The lowest BCUT2D eigenvalue weighted by Gasteiger charge is -2.11. The van der Waals surface area contributed by atoms with Crippen LogP contribution in [0.2, 0.25) is 0 Å². The van der Waals surface area contributed by atoms with E-state index in [1.807, 2.05) is 5.32 Å². The minimum Gasteiger partial charge on any atom is -0.483 e. The van der Waals surface area contributed by atoms with E-state index in [1.165, 1.54) is 18.2 Å². The summed E-state index contributed by atoms with van der Waals surface area (Å²) in [6, 6.07) is 3.60. The number of amides is 3. The molecular formula is C13H16FN3O3. The number of urea groups is 1. The lowest BCUT2D eigenvalue weighted by Crippen LogP contribution is -2.38. The highest BCUT2D eigenvalue weighted by Gasteiger charge is 2.21. The molecule has 108 valence electrons. The van der Waals surface area contributed by atoms with E-state index in [0.29, 0.717) is 23.9 Å². The molecule has 1 fully saturated rings. The van der Waals surface area contributed by atoms with Gasteiger partial charge in [-0.05, 0) is 31.0 Å². The Hall–Kier alpha value is -2.15. The number of benzene rings is 1. The number of rotatable bonds is 6. The number of hydrogen-bond acceptors (Lipinski definition) is 4. The van der Waals surface area contributed by atoms with Crippen LogP contribution >= 0.6 is 0 Å². The van der Waals surface area contributed by atoms with Crippen molar-refractivity contribution in [2.24, 2.45) is 5.73 Å². The molecule has 1 aliphatic rings. The molecule has 0 unspecified atom stereocenters. The highest BCUT2D eigenvalue weighted by molar-refractivity contribution is 5.94. The summed E-state index contributed by atoms with van der Waals surface area (Å²) in [5, 5.41) is 5.13. The molecule has 0 aliphatic heterocycles. The Morgan fingerprint density at radius 2 is 2.15 bits per heavy atom. The molecule has 0 bridgehead atoms. The Bertz CT molecular complexity index is 518. The average Bonchev–Trinajstić information content (AvgIpc) is 3.18. The van der Waals surface area contributed by atoms with Crippen molar-refractivity contribution >= 4 is 11.9 Å². The van der Waals surface area contributed by atoms with Crippen molar-refractivity contribution in [1.29, 1.82) is 0 Å². The number of carbonyl (C=O) groups is 2. The van der Waals surface area contributed by atoms with Gasteiger partial charge in [0.2, 0.25) is 0 Å². The van der Waals surface area contributed by atoms with Gasteiger partial charge in [0.25, 0.3) is 5.91 Å². The number of primary amides is 1. The van der Waals surface area contributed by atoms with Crippen LogP contribution in [0.15, 0.2) is 18.2 Å². The molecule has 2 rings (SSSR count). The van der Waals surface area contributed by atoms with E-state index >= 15 is 0 Å². The first-order valence-electron chi connectivity index (χ1n) is 6.28. The van der Waals surface area contributed by atoms with Crippen molar-refractivity contribution in [2.75, 3.05) is 6.61 Å². The molecule has 6 nitrogen and oxygen atoms in total. The maximum Gasteiger partial charge on any atom is 0.318 e. The fraction of sp³-hybridized carbons (Fsp3) is 0.385. The van der Waals surface area contributed by atoms with Crippen molar-refractivity contribution in [3.8, 4) is 5.75 Å². The molecule has 4 N–H and O–H groups in total. The Kier molecular flexibility index (Phi) is 4.52. The number of nitrogens with one attached hydrogen (secondary N) is 2. The van der Waals surface area contributed by atoms with E-state index in [1.54, 1.807) is 0 Å². The predicted octanol–water partition coefficient (Wildman–Crippen LogP) is 0.651. The van der Waals surface area contributed by atoms with Crippen molar-refractivity contribution in [2.45, 2.75) is 25.4 Å². The Morgan fingerprint density at radius 1 is 1.40 bits per heavy atom. The minimum atomic E-state index is -0.937. The minimum absolute atomic E-state index is 0.356. The van der Waals surface area contributed by atoms with E-state index in [4.69, 9.17) is 10.5 Å². The third-order valence-corrected chi connectivity index (χ3v) is 2.80. The highest BCUT2D eigenvalue weighted by atomic mass is 19.1. The monoisotopic (exact) mass is 281 g/mol. The SMILES string of the molecule is NC(=O)NC(=O)COc1ccc(F)cc1CNC1CC1.